The molecule has 0 atom stereocenters. The van der Waals surface area contributed by atoms with Crippen molar-refractivity contribution in [3.63, 3.8) is 0 Å². The Morgan fingerprint density at radius 3 is 3.00 bits per heavy atom. The summed E-state index contributed by atoms with van der Waals surface area (Å²) in [7, 11) is 0. The lowest BCUT2D eigenvalue weighted by Crippen LogP contribution is -2.13. The monoisotopic (exact) mass is 220 g/mol. The highest BCUT2D eigenvalue weighted by Gasteiger charge is 2.00. The zero-order chi connectivity index (χ0) is 11.4. The quantitative estimate of drug-likeness (QED) is 0.676. The predicted molar refractivity (Wildman–Crippen MR) is 57.9 cm³/mol. The molecule has 7 nitrogen and oxygen atoms in total. The van der Waals surface area contributed by atoms with Crippen molar-refractivity contribution in [2.24, 2.45) is 0 Å². The second kappa shape index (κ2) is 4.56. The molecule has 7 heteroatoms. The fourth-order valence-corrected chi connectivity index (χ4v) is 1.26. The second-order valence-corrected chi connectivity index (χ2v) is 3.22. The molecule has 0 amide bonds. The van der Waals surface area contributed by atoms with Gasteiger partial charge in [0.15, 0.2) is 0 Å². The van der Waals surface area contributed by atoms with E-state index < -0.39 is 0 Å². The molecule has 0 aliphatic heterocycles. The molecular weight excluding hydrogens is 208 g/mol. The number of hydrogen-bond donors (Lipinski definition) is 3. The fraction of sp³-hybridized carbons (Fsp3) is 0.333. The maximum atomic E-state index is 11.3. The Hall–Kier alpha value is -2.18. The Morgan fingerprint density at radius 2 is 2.31 bits per heavy atom. The van der Waals surface area contributed by atoms with E-state index in [4.69, 9.17) is 0 Å². The number of aryl methyl sites for hydroxylation is 1. The van der Waals surface area contributed by atoms with Crippen molar-refractivity contribution in [3.05, 3.63) is 34.4 Å². The summed E-state index contributed by atoms with van der Waals surface area (Å²) in [6, 6.07) is 1.41. The molecule has 0 saturated carbocycles. The van der Waals surface area contributed by atoms with Gasteiger partial charge in [0.25, 0.3) is 5.56 Å². The van der Waals surface area contributed by atoms with Gasteiger partial charge in [0.2, 0.25) is 0 Å². The van der Waals surface area contributed by atoms with Crippen LogP contribution < -0.4 is 10.9 Å². The van der Waals surface area contributed by atoms with Gasteiger partial charge in [0, 0.05) is 12.5 Å². The van der Waals surface area contributed by atoms with E-state index in [2.05, 4.69) is 30.5 Å². The molecule has 2 aromatic heterocycles. The number of nitrogens with zero attached hydrogens (tertiary/aromatic N) is 3. The summed E-state index contributed by atoms with van der Waals surface area (Å²) in [4.78, 5) is 22.1. The van der Waals surface area contributed by atoms with Crippen LogP contribution in [-0.2, 0) is 13.0 Å². The number of aromatic amines is 2. The minimum absolute atomic E-state index is 0.160. The zero-order valence-corrected chi connectivity index (χ0v) is 8.82. The minimum Gasteiger partial charge on any atom is -0.363 e. The van der Waals surface area contributed by atoms with Gasteiger partial charge in [-0.2, -0.15) is 5.10 Å². The van der Waals surface area contributed by atoms with Crippen molar-refractivity contribution < 1.29 is 0 Å². The average molecular weight is 220 g/mol. The summed E-state index contributed by atoms with van der Waals surface area (Å²) in [5, 5.41) is 9.43. The van der Waals surface area contributed by atoms with Gasteiger partial charge in [-0.3, -0.25) is 9.89 Å². The first kappa shape index (κ1) is 10.3. The Balaban J connectivity index is 2.09. The molecule has 2 heterocycles. The first-order valence-corrected chi connectivity index (χ1v) is 4.96. The van der Waals surface area contributed by atoms with E-state index in [-0.39, 0.29) is 5.56 Å². The molecular formula is C9H12N6O. The van der Waals surface area contributed by atoms with Gasteiger partial charge in [-0.25, -0.2) is 9.97 Å². The molecule has 0 bridgehead atoms. The predicted octanol–water partition coefficient (Wildman–Crippen LogP) is 0.0625. The first-order valence-electron chi connectivity index (χ1n) is 4.96. The van der Waals surface area contributed by atoms with Crippen LogP contribution in [-0.4, -0.2) is 25.1 Å². The summed E-state index contributed by atoms with van der Waals surface area (Å²) in [6.07, 6.45) is 2.12. The Kier molecular flexibility index (Phi) is 2.95. The van der Waals surface area contributed by atoms with Crippen LogP contribution in [0.15, 0.2) is 17.2 Å². The topological polar surface area (TPSA) is 99.3 Å². The summed E-state index contributed by atoms with van der Waals surface area (Å²) >= 11 is 0. The number of nitrogens with one attached hydrogen (secondary N) is 3. The maximum Gasteiger partial charge on any atom is 0.252 e. The van der Waals surface area contributed by atoms with E-state index in [1.165, 1.54) is 12.4 Å². The van der Waals surface area contributed by atoms with E-state index in [9.17, 15) is 4.79 Å². The Bertz CT molecular complexity index is 503. The van der Waals surface area contributed by atoms with Crippen molar-refractivity contribution >= 4 is 5.82 Å². The molecule has 0 spiro atoms. The van der Waals surface area contributed by atoms with Crippen molar-refractivity contribution in [1.29, 1.82) is 0 Å². The Morgan fingerprint density at radius 1 is 1.44 bits per heavy atom. The molecule has 0 unspecified atom stereocenters. The van der Waals surface area contributed by atoms with Gasteiger partial charge < -0.3 is 10.3 Å². The highest BCUT2D eigenvalue weighted by Crippen LogP contribution is 2.00. The fourth-order valence-electron chi connectivity index (χ4n) is 1.26. The van der Waals surface area contributed by atoms with Crippen LogP contribution in [0.25, 0.3) is 0 Å². The zero-order valence-electron chi connectivity index (χ0n) is 8.82. The minimum atomic E-state index is -0.160. The highest BCUT2D eigenvalue weighted by atomic mass is 16.1. The summed E-state index contributed by atoms with van der Waals surface area (Å²) in [6.45, 7) is 2.39. The number of anilines is 1. The van der Waals surface area contributed by atoms with Crippen molar-refractivity contribution in [1.82, 2.24) is 25.1 Å². The van der Waals surface area contributed by atoms with Crippen LogP contribution in [0.5, 0.6) is 0 Å². The summed E-state index contributed by atoms with van der Waals surface area (Å²) in [5.41, 5.74) is -0.160. The second-order valence-electron chi connectivity index (χ2n) is 3.22. The molecule has 3 N–H and O–H groups in total. The van der Waals surface area contributed by atoms with Crippen molar-refractivity contribution in [2.75, 3.05) is 5.32 Å². The van der Waals surface area contributed by atoms with Crippen LogP contribution >= 0.6 is 0 Å². The van der Waals surface area contributed by atoms with E-state index in [1.54, 1.807) is 0 Å². The molecule has 0 radical (unpaired) electrons. The highest BCUT2D eigenvalue weighted by molar-refractivity contribution is 5.32. The lowest BCUT2D eigenvalue weighted by molar-refractivity contribution is 0.899. The lowest BCUT2D eigenvalue weighted by atomic mass is 10.4. The third kappa shape index (κ3) is 2.44. The summed E-state index contributed by atoms with van der Waals surface area (Å²) in [5.74, 6) is 1.89. The van der Waals surface area contributed by atoms with E-state index in [0.29, 0.717) is 30.4 Å². The van der Waals surface area contributed by atoms with Crippen LogP contribution in [0.4, 0.5) is 5.82 Å². The smallest absolute Gasteiger partial charge is 0.252 e. The molecule has 0 aliphatic carbocycles. The van der Waals surface area contributed by atoms with E-state index >= 15 is 0 Å². The third-order valence-corrected chi connectivity index (χ3v) is 2.03. The SMILES string of the molecule is CCc1nc(NCc2ncn[nH]2)cc(=O)[nH]1. The van der Waals surface area contributed by atoms with Gasteiger partial charge >= 0.3 is 0 Å². The summed E-state index contributed by atoms with van der Waals surface area (Å²) < 4.78 is 0. The molecule has 0 aromatic carbocycles. The van der Waals surface area contributed by atoms with Crippen molar-refractivity contribution in [2.45, 2.75) is 19.9 Å². The normalized spacial score (nSPS) is 10.3. The standard InChI is InChI=1S/C9H12N6O/c1-2-6-13-7(3-9(16)14-6)10-4-8-11-5-12-15-8/h3,5H,2,4H2,1H3,(H,11,12,15)(H2,10,13,14,16). The number of rotatable bonds is 4. The van der Waals surface area contributed by atoms with Gasteiger partial charge in [-0.15, -0.1) is 0 Å². The largest absolute Gasteiger partial charge is 0.363 e. The maximum absolute atomic E-state index is 11.3. The molecule has 84 valence electrons. The van der Waals surface area contributed by atoms with E-state index in [0.717, 1.165) is 0 Å². The van der Waals surface area contributed by atoms with Crippen LogP contribution in [0.1, 0.15) is 18.6 Å². The van der Waals surface area contributed by atoms with Crippen LogP contribution in [0.3, 0.4) is 0 Å². The Labute approximate surface area is 91.4 Å². The van der Waals surface area contributed by atoms with Gasteiger partial charge in [-0.1, -0.05) is 6.92 Å². The number of hydrogen-bond acceptors (Lipinski definition) is 5. The molecule has 0 saturated heterocycles. The van der Waals surface area contributed by atoms with Gasteiger partial charge in [0.1, 0.15) is 23.8 Å². The molecule has 2 rings (SSSR count). The van der Waals surface area contributed by atoms with Crippen LogP contribution in [0.2, 0.25) is 0 Å². The van der Waals surface area contributed by atoms with E-state index in [1.807, 2.05) is 6.92 Å². The average Bonchev–Trinajstić information content (AvgIpc) is 2.78. The number of aromatic nitrogens is 5. The lowest BCUT2D eigenvalue weighted by Gasteiger charge is -2.04. The van der Waals surface area contributed by atoms with Crippen molar-refractivity contribution in [3.8, 4) is 0 Å². The van der Waals surface area contributed by atoms with Gasteiger partial charge in [-0.05, 0) is 0 Å². The molecule has 16 heavy (non-hydrogen) atoms. The third-order valence-electron chi connectivity index (χ3n) is 2.03. The molecule has 0 aliphatic rings. The molecule has 2 aromatic rings. The van der Waals surface area contributed by atoms with Gasteiger partial charge in [0.05, 0.1) is 6.54 Å². The van der Waals surface area contributed by atoms with Crippen LogP contribution in [0, 0.1) is 0 Å². The first-order chi connectivity index (χ1) is 7.78. The molecule has 0 fully saturated rings. The number of H-pyrrole nitrogens is 2.